The highest BCUT2D eigenvalue weighted by atomic mass is 16.6. The van der Waals surface area contributed by atoms with Crippen LogP contribution in [0.4, 0.5) is 10.5 Å². The minimum atomic E-state index is -0.866. The molecule has 1 aliphatic heterocycles. The van der Waals surface area contributed by atoms with Crippen molar-refractivity contribution in [3.8, 4) is 16.9 Å². The van der Waals surface area contributed by atoms with Gasteiger partial charge in [0.15, 0.2) is 0 Å². The van der Waals surface area contributed by atoms with E-state index >= 15 is 0 Å². The summed E-state index contributed by atoms with van der Waals surface area (Å²) in [5, 5.41) is 18.9. The van der Waals surface area contributed by atoms with E-state index in [1.165, 1.54) is 17.0 Å². The molecule has 10 heteroatoms. The number of hydrogen-bond acceptors (Lipinski definition) is 6. The molecule has 2 heterocycles. The van der Waals surface area contributed by atoms with Crippen molar-refractivity contribution in [3.63, 3.8) is 0 Å². The minimum Gasteiger partial charge on any atom is -0.463 e. The fraction of sp³-hybridized carbons (Fsp3) is 0.208. The SMILES string of the molecule is CCOC(=O)C1=C(C)N(C)C(=O)N[C@@H]1c1cn(-c2ccccc2)nc1-c1cccc([N+](=O)[O-])c1. The van der Waals surface area contributed by atoms with Gasteiger partial charge in [-0.1, -0.05) is 30.3 Å². The molecule has 0 fully saturated rings. The summed E-state index contributed by atoms with van der Waals surface area (Å²) in [4.78, 5) is 37.9. The van der Waals surface area contributed by atoms with Gasteiger partial charge in [0, 0.05) is 42.2 Å². The molecule has 4 rings (SSSR count). The lowest BCUT2D eigenvalue weighted by molar-refractivity contribution is -0.384. The lowest BCUT2D eigenvalue weighted by atomic mass is 9.93. The largest absolute Gasteiger partial charge is 0.463 e. The predicted octanol–water partition coefficient (Wildman–Crippen LogP) is 3.98. The van der Waals surface area contributed by atoms with Crippen molar-refractivity contribution in [1.29, 1.82) is 0 Å². The number of hydrogen-bond donors (Lipinski definition) is 1. The molecule has 3 aromatic rings. The van der Waals surface area contributed by atoms with Gasteiger partial charge in [-0.2, -0.15) is 5.10 Å². The molecule has 0 aliphatic carbocycles. The van der Waals surface area contributed by atoms with Crippen molar-refractivity contribution in [1.82, 2.24) is 20.0 Å². The zero-order chi connectivity index (χ0) is 24.4. The van der Waals surface area contributed by atoms with Gasteiger partial charge in [0.05, 0.1) is 34.5 Å². The summed E-state index contributed by atoms with van der Waals surface area (Å²) in [6.07, 6.45) is 1.71. The van der Waals surface area contributed by atoms with E-state index in [0.717, 1.165) is 5.69 Å². The van der Waals surface area contributed by atoms with Crippen molar-refractivity contribution in [2.45, 2.75) is 19.9 Å². The lowest BCUT2D eigenvalue weighted by Gasteiger charge is -2.33. The summed E-state index contributed by atoms with van der Waals surface area (Å²) in [5.74, 6) is -0.561. The zero-order valence-electron chi connectivity index (χ0n) is 18.9. The third-order valence-corrected chi connectivity index (χ3v) is 5.65. The summed E-state index contributed by atoms with van der Waals surface area (Å²) in [6, 6.07) is 14.1. The van der Waals surface area contributed by atoms with Crippen molar-refractivity contribution in [2.24, 2.45) is 0 Å². The third-order valence-electron chi connectivity index (χ3n) is 5.65. The molecule has 10 nitrogen and oxygen atoms in total. The summed E-state index contributed by atoms with van der Waals surface area (Å²) >= 11 is 0. The average molecular weight is 461 g/mol. The number of nitrogens with zero attached hydrogens (tertiary/aromatic N) is 4. The van der Waals surface area contributed by atoms with E-state index in [1.807, 2.05) is 30.3 Å². The van der Waals surface area contributed by atoms with Crippen LogP contribution in [0.15, 0.2) is 72.1 Å². The van der Waals surface area contributed by atoms with E-state index in [4.69, 9.17) is 4.74 Å². The Labute approximate surface area is 195 Å². The van der Waals surface area contributed by atoms with Crippen molar-refractivity contribution >= 4 is 17.7 Å². The van der Waals surface area contributed by atoms with Crippen LogP contribution < -0.4 is 5.32 Å². The van der Waals surface area contributed by atoms with Crippen LogP contribution in [0.25, 0.3) is 16.9 Å². The molecule has 0 spiro atoms. The molecule has 2 aromatic carbocycles. The number of nitrogens with one attached hydrogen (secondary N) is 1. The number of carbonyl (C=O) groups is 2. The van der Waals surface area contributed by atoms with E-state index < -0.39 is 23.0 Å². The second kappa shape index (κ2) is 9.18. The van der Waals surface area contributed by atoms with Gasteiger partial charge in [-0.25, -0.2) is 14.3 Å². The fourth-order valence-electron chi connectivity index (χ4n) is 3.84. The maximum Gasteiger partial charge on any atom is 0.338 e. The van der Waals surface area contributed by atoms with Gasteiger partial charge >= 0.3 is 12.0 Å². The lowest BCUT2D eigenvalue weighted by Crippen LogP contribution is -2.46. The van der Waals surface area contributed by atoms with E-state index in [-0.39, 0.29) is 17.9 Å². The number of nitro benzene ring substituents is 1. The second-order valence-corrected chi connectivity index (χ2v) is 7.68. The molecule has 2 amide bonds. The summed E-state index contributed by atoms with van der Waals surface area (Å²) in [7, 11) is 1.56. The first-order chi connectivity index (χ1) is 16.3. The highest BCUT2D eigenvalue weighted by Crippen LogP contribution is 2.37. The minimum absolute atomic E-state index is 0.0949. The molecule has 1 atom stereocenters. The molecular weight excluding hydrogens is 438 g/mol. The zero-order valence-corrected chi connectivity index (χ0v) is 18.9. The molecule has 34 heavy (non-hydrogen) atoms. The van der Waals surface area contributed by atoms with E-state index in [1.54, 1.807) is 43.9 Å². The number of esters is 1. The summed E-state index contributed by atoms with van der Waals surface area (Å²) in [6.45, 7) is 3.55. The number of nitro groups is 1. The summed E-state index contributed by atoms with van der Waals surface area (Å²) in [5.41, 5.74) is 2.76. The van der Waals surface area contributed by atoms with Crippen LogP contribution in [0.5, 0.6) is 0 Å². The molecule has 174 valence electrons. The molecule has 0 radical (unpaired) electrons. The topological polar surface area (TPSA) is 120 Å². The fourth-order valence-corrected chi connectivity index (χ4v) is 3.84. The molecule has 1 aromatic heterocycles. The van der Waals surface area contributed by atoms with Gasteiger partial charge in [-0.05, 0) is 26.0 Å². The van der Waals surface area contributed by atoms with E-state index in [2.05, 4.69) is 10.4 Å². The van der Waals surface area contributed by atoms with Gasteiger partial charge in [0.1, 0.15) is 0 Å². The molecule has 0 saturated carbocycles. The van der Waals surface area contributed by atoms with E-state index in [9.17, 15) is 19.7 Å². The number of urea groups is 1. The number of para-hydroxylation sites is 1. The van der Waals surface area contributed by atoms with Gasteiger partial charge < -0.3 is 15.0 Å². The Kier molecular flexibility index (Phi) is 6.13. The van der Waals surface area contributed by atoms with Crippen molar-refractivity contribution in [2.75, 3.05) is 13.7 Å². The van der Waals surface area contributed by atoms with Crippen LogP contribution in [0.2, 0.25) is 0 Å². The number of allylic oxidation sites excluding steroid dienone is 1. The van der Waals surface area contributed by atoms with Crippen molar-refractivity contribution in [3.05, 3.63) is 87.7 Å². The number of aromatic nitrogens is 2. The number of benzene rings is 2. The molecule has 1 aliphatic rings. The Hall–Kier alpha value is -4.47. The van der Waals surface area contributed by atoms with Crippen LogP contribution in [0, 0.1) is 10.1 Å². The Morgan fingerprint density at radius 3 is 2.62 bits per heavy atom. The maximum atomic E-state index is 12.9. The van der Waals surface area contributed by atoms with Crippen LogP contribution in [-0.4, -0.2) is 45.3 Å². The average Bonchev–Trinajstić information content (AvgIpc) is 3.28. The number of carbonyl (C=O) groups excluding carboxylic acids is 2. The monoisotopic (exact) mass is 461 g/mol. The smallest absolute Gasteiger partial charge is 0.338 e. The van der Waals surface area contributed by atoms with Gasteiger partial charge in [0.2, 0.25) is 0 Å². The second-order valence-electron chi connectivity index (χ2n) is 7.68. The van der Waals surface area contributed by atoms with Gasteiger partial charge in [-0.15, -0.1) is 0 Å². The summed E-state index contributed by atoms with van der Waals surface area (Å²) < 4.78 is 6.90. The molecule has 0 unspecified atom stereocenters. The normalized spacial score (nSPS) is 15.8. The molecular formula is C24H23N5O5. The Balaban J connectivity index is 1.95. The maximum absolute atomic E-state index is 12.9. The molecule has 0 saturated heterocycles. The standard InChI is InChI=1S/C24H23N5O5/c1-4-34-23(30)20-15(2)27(3)24(31)25-22(20)19-14-28(17-10-6-5-7-11-17)26-21(19)16-9-8-12-18(13-16)29(32)33/h5-14,22H,4H2,1-3H3,(H,25,31)/t22-/m1/s1. The first-order valence-corrected chi connectivity index (χ1v) is 10.6. The predicted molar refractivity (Wildman–Crippen MR) is 124 cm³/mol. The number of amides is 2. The number of non-ortho nitro benzene ring substituents is 1. The van der Waals surface area contributed by atoms with Crippen molar-refractivity contribution < 1.29 is 19.2 Å². The Morgan fingerprint density at radius 1 is 1.21 bits per heavy atom. The first-order valence-electron chi connectivity index (χ1n) is 10.6. The van der Waals surface area contributed by atoms with Crippen LogP contribution >= 0.6 is 0 Å². The number of rotatable bonds is 6. The van der Waals surface area contributed by atoms with Crippen LogP contribution in [-0.2, 0) is 9.53 Å². The Bertz CT molecular complexity index is 1300. The quantitative estimate of drug-likeness (QED) is 0.337. The highest BCUT2D eigenvalue weighted by Gasteiger charge is 2.37. The van der Waals surface area contributed by atoms with Gasteiger partial charge in [-0.3, -0.25) is 10.1 Å². The van der Waals surface area contributed by atoms with Crippen LogP contribution in [0.1, 0.15) is 25.5 Å². The van der Waals surface area contributed by atoms with E-state index in [0.29, 0.717) is 22.5 Å². The number of ether oxygens (including phenoxy) is 1. The van der Waals surface area contributed by atoms with Crippen LogP contribution in [0.3, 0.4) is 0 Å². The molecule has 1 N–H and O–H groups in total. The third kappa shape index (κ3) is 4.13. The molecule has 0 bridgehead atoms. The van der Waals surface area contributed by atoms with Gasteiger partial charge in [0.25, 0.3) is 5.69 Å². The Morgan fingerprint density at radius 2 is 1.94 bits per heavy atom. The highest BCUT2D eigenvalue weighted by molar-refractivity contribution is 5.95. The first kappa shape index (κ1) is 22.7.